The van der Waals surface area contributed by atoms with Crippen LogP contribution in [0.1, 0.15) is 74.6 Å². The Morgan fingerprint density at radius 2 is 1.58 bits per heavy atom. The van der Waals surface area contributed by atoms with Crippen LogP contribution in [0.3, 0.4) is 0 Å². The summed E-state index contributed by atoms with van der Waals surface area (Å²) in [7, 11) is 0. The van der Waals surface area contributed by atoms with Gasteiger partial charge in [-0.3, -0.25) is 14.3 Å². The molecule has 1 N–H and O–H groups in total. The fourth-order valence-corrected chi connectivity index (χ4v) is 4.20. The monoisotopic (exact) mass is 333 g/mol. The zero-order chi connectivity index (χ0) is 16.9. The highest BCUT2D eigenvalue weighted by Crippen LogP contribution is 2.31. The first kappa shape index (κ1) is 17.0. The maximum absolute atomic E-state index is 13.2. The van der Waals surface area contributed by atoms with Gasteiger partial charge in [0.1, 0.15) is 6.54 Å². The predicted octanol–water partition coefficient (Wildman–Crippen LogP) is 3.08. The molecule has 24 heavy (non-hydrogen) atoms. The van der Waals surface area contributed by atoms with Crippen LogP contribution in [0.2, 0.25) is 0 Å². The molecule has 6 heteroatoms. The van der Waals surface area contributed by atoms with E-state index in [-0.39, 0.29) is 12.5 Å². The van der Waals surface area contributed by atoms with Crippen molar-refractivity contribution >= 4 is 11.9 Å². The van der Waals surface area contributed by atoms with Gasteiger partial charge >= 0.3 is 5.97 Å². The van der Waals surface area contributed by atoms with E-state index in [9.17, 15) is 9.59 Å². The third kappa shape index (κ3) is 3.97. The number of carbonyl (C=O) groups is 2. The largest absolute Gasteiger partial charge is 0.480 e. The highest BCUT2D eigenvalue weighted by molar-refractivity contribution is 5.94. The van der Waals surface area contributed by atoms with Crippen molar-refractivity contribution in [1.82, 2.24) is 14.7 Å². The van der Waals surface area contributed by atoms with Crippen molar-refractivity contribution in [2.45, 2.75) is 82.8 Å². The Hall–Kier alpha value is -1.85. The molecule has 0 bridgehead atoms. The van der Waals surface area contributed by atoms with E-state index < -0.39 is 5.97 Å². The lowest BCUT2D eigenvalue weighted by Crippen LogP contribution is -2.48. The van der Waals surface area contributed by atoms with Gasteiger partial charge in [0.05, 0.1) is 11.8 Å². The highest BCUT2D eigenvalue weighted by atomic mass is 16.4. The number of amides is 1. The van der Waals surface area contributed by atoms with Crippen molar-refractivity contribution in [3.05, 3.63) is 18.0 Å². The van der Waals surface area contributed by atoms with Gasteiger partial charge in [0.15, 0.2) is 0 Å². The molecule has 2 fully saturated rings. The lowest BCUT2D eigenvalue weighted by atomic mass is 9.88. The van der Waals surface area contributed by atoms with Gasteiger partial charge in [-0.2, -0.15) is 5.10 Å². The van der Waals surface area contributed by atoms with Crippen LogP contribution in [0.4, 0.5) is 0 Å². The van der Waals surface area contributed by atoms with Gasteiger partial charge in [0, 0.05) is 18.3 Å². The molecule has 0 saturated heterocycles. The first-order valence-electron chi connectivity index (χ1n) is 9.22. The van der Waals surface area contributed by atoms with Crippen molar-refractivity contribution < 1.29 is 14.7 Å². The molecule has 1 aromatic heterocycles. The summed E-state index contributed by atoms with van der Waals surface area (Å²) in [4.78, 5) is 26.1. The molecule has 1 aromatic rings. The van der Waals surface area contributed by atoms with Gasteiger partial charge in [0.2, 0.25) is 0 Å². The quantitative estimate of drug-likeness (QED) is 0.898. The van der Waals surface area contributed by atoms with Gasteiger partial charge in [0.25, 0.3) is 5.91 Å². The van der Waals surface area contributed by atoms with E-state index in [1.54, 1.807) is 6.20 Å². The van der Waals surface area contributed by atoms with E-state index >= 15 is 0 Å². The van der Waals surface area contributed by atoms with Crippen LogP contribution in [0, 0.1) is 0 Å². The third-order valence-electron chi connectivity index (χ3n) is 5.35. The number of aromatic nitrogens is 2. The minimum Gasteiger partial charge on any atom is -0.480 e. The summed E-state index contributed by atoms with van der Waals surface area (Å²) in [5.41, 5.74) is 0.521. The van der Waals surface area contributed by atoms with Crippen molar-refractivity contribution in [3.63, 3.8) is 0 Å². The van der Waals surface area contributed by atoms with Gasteiger partial charge in [-0.1, -0.05) is 38.5 Å². The second-order valence-electron chi connectivity index (χ2n) is 7.12. The molecule has 0 aromatic carbocycles. The summed E-state index contributed by atoms with van der Waals surface area (Å²) >= 11 is 0. The van der Waals surface area contributed by atoms with E-state index in [4.69, 9.17) is 5.11 Å². The van der Waals surface area contributed by atoms with Crippen LogP contribution in [0.25, 0.3) is 0 Å². The van der Waals surface area contributed by atoms with Crippen molar-refractivity contribution in [2.75, 3.05) is 0 Å². The van der Waals surface area contributed by atoms with Gasteiger partial charge in [-0.05, 0) is 25.7 Å². The lowest BCUT2D eigenvalue weighted by Gasteiger charge is -2.41. The van der Waals surface area contributed by atoms with Gasteiger partial charge in [-0.25, -0.2) is 0 Å². The molecule has 0 unspecified atom stereocenters. The van der Waals surface area contributed by atoms with E-state index in [0.29, 0.717) is 17.6 Å². The number of rotatable bonds is 5. The Morgan fingerprint density at radius 1 is 1.04 bits per heavy atom. The fraction of sp³-hybridized carbons (Fsp3) is 0.722. The van der Waals surface area contributed by atoms with Gasteiger partial charge in [-0.15, -0.1) is 0 Å². The first-order chi connectivity index (χ1) is 11.6. The molecular formula is C18H27N3O3. The standard InChI is InChI=1S/C18H27N3O3/c22-17(23)13-20-12-14(11-19-20)18(24)21(15-7-3-1-4-8-15)16-9-5-2-6-10-16/h11-12,15-16H,1-10,13H2,(H,22,23). The number of aliphatic carboxylic acids is 1. The predicted molar refractivity (Wildman–Crippen MR) is 89.8 cm³/mol. The van der Waals surface area contributed by atoms with Crippen molar-refractivity contribution in [2.24, 2.45) is 0 Å². The Labute approximate surface area is 142 Å². The maximum atomic E-state index is 13.2. The minimum absolute atomic E-state index is 0.0328. The molecule has 0 radical (unpaired) electrons. The summed E-state index contributed by atoms with van der Waals surface area (Å²) in [6, 6.07) is 0.661. The molecule has 0 aliphatic heterocycles. The molecule has 0 atom stereocenters. The van der Waals surface area contributed by atoms with Gasteiger partial charge < -0.3 is 10.0 Å². The van der Waals surface area contributed by atoms with E-state index in [1.165, 1.54) is 49.4 Å². The molecule has 2 saturated carbocycles. The zero-order valence-corrected chi connectivity index (χ0v) is 14.2. The molecule has 6 nitrogen and oxygen atoms in total. The fourth-order valence-electron chi connectivity index (χ4n) is 4.20. The molecular weight excluding hydrogens is 306 g/mol. The normalized spacial score (nSPS) is 20.0. The molecule has 2 aliphatic carbocycles. The number of carbonyl (C=O) groups excluding carboxylic acids is 1. The molecule has 1 amide bonds. The summed E-state index contributed by atoms with van der Waals surface area (Å²) in [6.45, 7) is -0.208. The van der Waals surface area contributed by atoms with Crippen LogP contribution in [-0.2, 0) is 11.3 Å². The average Bonchev–Trinajstić information content (AvgIpc) is 3.05. The SMILES string of the molecule is O=C(O)Cn1cc(C(=O)N(C2CCCCC2)C2CCCCC2)cn1. The Balaban J connectivity index is 1.79. The number of hydrogen-bond donors (Lipinski definition) is 1. The summed E-state index contributed by atoms with van der Waals surface area (Å²) in [6.07, 6.45) is 14.8. The second kappa shape index (κ2) is 7.81. The van der Waals surface area contributed by atoms with Crippen LogP contribution < -0.4 is 0 Å². The lowest BCUT2D eigenvalue weighted by molar-refractivity contribution is -0.137. The van der Waals surface area contributed by atoms with Crippen molar-refractivity contribution in [1.29, 1.82) is 0 Å². The van der Waals surface area contributed by atoms with Crippen molar-refractivity contribution in [3.8, 4) is 0 Å². The molecule has 2 aliphatic rings. The van der Waals surface area contributed by atoms with Crippen LogP contribution in [-0.4, -0.2) is 43.7 Å². The zero-order valence-electron chi connectivity index (χ0n) is 14.2. The number of carboxylic acid groups (broad SMARTS) is 1. The Kier molecular flexibility index (Phi) is 5.53. The van der Waals surface area contributed by atoms with Crippen LogP contribution >= 0.6 is 0 Å². The average molecular weight is 333 g/mol. The molecule has 1 heterocycles. The number of carboxylic acids is 1. The Morgan fingerprint density at radius 3 is 2.08 bits per heavy atom. The summed E-state index contributed by atoms with van der Waals surface area (Å²) in [5.74, 6) is -0.918. The number of nitrogens with zero attached hydrogens (tertiary/aromatic N) is 3. The smallest absolute Gasteiger partial charge is 0.325 e. The summed E-state index contributed by atoms with van der Waals surface area (Å²) in [5, 5.41) is 12.9. The third-order valence-corrected chi connectivity index (χ3v) is 5.35. The van der Waals surface area contributed by atoms with E-state index in [0.717, 1.165) is 25.7 Å². The second-order valence-corrected chi connectivity index (χ2v) is 7.12. The van der Waals surface area contributed by atoms with E-state index in [1.807, 2.05) is 0 Å². The topological polar surface area (TPSA) is 75.4 Å². The highest BCUT2D eigenvalue weighted by Gasteiger charge is 2.33. The molecule has 132 valence electrons. The molecule has 0 spiro atoms. The molecule has 3 rings (SSSR count). The van der Waals surface area contributed by atoms with E-state index in [2.05, 4.69) is 10.00 Å². The minimum atomic E-state index is -0.950. The van der Waals surface area contributed by atoms with Crippen LogP contribution in [0.5, 0.6) is 0 Å². The van der Waals surface area contributed by atoms with Crippen LogP contribution in [0.15, 0.2) is 12.4 Å². The Bertz CT molecular complexity index is 554. The first-order valence-corrected chi connectivity index (χ1v) is 9.22. The number of hydrogen-bond acceptors (Lipinski definition) is 3. The summed E-state index contributed by atoms with van der Waals surface area (Å²) < 4.78 is 1.33. The maximum Gasteiger partial charge on any atom is 0.325 e.